The first-order valence-corrected chi connectivity index (χ1v) is 9.39. The molecule has 1 N–H and O–H groups in total. The zero-order valence-corrected chi connectivity index (χ0v) is 16.6. The molecule has 7 heteroatoms. The molecule has 0 radical (unpaired) electrons. The van der Waals surface area contributed by atoms with Crippen LogP contribution < -0.4 is 5.32 Å². The van der Waals surface area contributed by atoms with Gasteiger partial charge in [0, 0.05) is 9.26 Å². The number of nitrogens with zero attached hydrogens (tertiary/aromatic N) is 1. The minimum atomic E-state index is -0.576. The standard InChI is InChI=1S/C20H11ClFIN2O2/c21-15-7-5-11(23)9-14(15)20-25-17-10-12(6-8-18(17)27-20)24-19(26)13-3-1-2-4-16(13)22/h1-10H,(H,24,26). The summed E-state index contributed by atoms with van der Waals surface area (Å²) in [6.45, 7) is 0. The van der Waals surface area contributed by atoms with Crippen LogP contribution in [0.1, 0.15) is 10.4 Å². The third-order valence-electron chi connectivity index (χ3n) is 3.92. The molecule has 0 aliphatic heterocycles. The normalized spacial score (nSPS) is 10.9. The van der Waals surface area contributed by atoms with Crippen LogP contribution >= 0.6 is 34.2 Å². The first-order chi connectivity index (χ1) is 13.0. The number of oxazole rings is 1. The highest BCUT2D eigenvalue weighted by atomic mass is 127. The molecule has 27 heavy (non-hydrogen) atoms. The van der Waals surface area contributed by atoms with Gasteiger partial charge < -0.3 is 9.73 Å². The number of hydrogen-bond donors (Lipinski definition) is 1. The third kappa shape index (κ3) is 3.68. The molecule has 0 saturated heterocycles. The SMILES string of the molecule is O=C(Nc1ccc2oc(-c3cc(I)ccc3Cl)nc2c1)c1ccccc1F. The van der Waals surface area contributed by atoms with E-state index in [4.69, 9.17) is 16.0 Å². The van der Waals surface area contributed by atoms with Crippen LogP contribution in [0, 0.1) is 9.39 Å². The van der Waals surface area contributed by atoms with E-state index in [2.05, 4.69) is 32.9 Å². The molecule has 4 nitrogen and oxygen atoms in total. The Bertz CT molecular complexity index is 1180. The monoisotopic (exact) mass is 492 g/mol. The fourth-order valence-corrected chi connectivity index (χ4v) is 3.32. The molecule has 4 aromatic rings. The highest BCUT2D eigenvalue weighted by Gasteiger charge is 2.14. The van der Waals surface area contributed by atoms with Gasteiger partial charge in [-0.15, -0.1) is 0 Å². The largest absolute Gasteiger partial charge is 0.436 e. The molecule has 0 saturated carbocycles. The van der Waals surface area contributed by atoms with Crippen molar-refractivity contribution >= 4 is 56.9 Å². The lowest BCUT2D eigenvalue weighted by atomic mass is 10.2. The zero-order valence-electron chi connectivity index (χ0n) is 13.7. The molecule has 0 aliphatic rings. The van der Waals surface area contributed by atoms with Crippen molar-refractivity contribution in [2.75, 3.05) is 5.32 Å². The molecule has 0 atom stereocenters. The number of carbonyl (C=O) groups excluding carboxylic acids is 1. The lowest BCUT2D eigenvalue weighted by Crippen LogP contribution is -2.13. The lowest BCUT2D eigenvalue weighted by Gasteiger charge is -2.05. The minimum absolute atomic E-state index is 0.0240. The maximum atomic E-state index is 13.8. The maximum absolute atomic E-state index is 13.8. The molecule has 4 rings (SSSR count). The van der Waals surface area contributed by atoms with Gasteiger partial charge in [-0.1, -0.05) is 23.7 Å². The lowest BCUT2D eigenvalue weighted by molar-refractivity contribution is 0.102. The van der Waals surface area contributed by atoms with Crippen LogP contribution in [0.4, 0.5) is 10.1 Å². The van der Waals surface area contributed by atoms with Gasteiger partial charge in [-0.05, 0) is 71.1 Å². The zero-order chi connectivity index (χ0) is 19.0. The Morgan fingerprint density at radius 2 is 1.93 bits per heavy atom. The molecule has 0 spiro atoms. The summed E-state index contributed by atoms with van der Waals surface area (Å²) in [5, 5.41) is 3.21. The molecule has 0 aliphatic carbocycles. The molecule has 0 bridgehead atoms. The highest BCUT2D eigenvalue weighted by molar-refractivity contribution is 14.1. The predicted octanol–water partition coefficient (Wildman–Crippen LogP) is 6.14. The third-order valence-corrected chi connectivity index (χ3v) is 4.92. The Kier molecular flexibility index (Phi) is 4.84. The maximum Gasteiger partial charge on any atom is 0.258 e. The van der Waals surface area contributed by atoms with Crippen molar-refractivity contribution in [3.05, 3.63) is 80.6 Å². The number of benzene rings is 3. The van der Waals surface area contributed by atoms with Crippen molar-refractivity contribution in [3.8, 4) is 11.5 Å². The van der Waals surface area contributed by atoms with Gasteiger partial charge in [0.25, 0.3) is 5.91 Å². The van der Waals surface area contributed by atoms with E-state index >= 15 is 0 Å². The Balaban J connectivity index is 1.66. The number of hydrogen-bond acceptors (Lipinski definition) is 3. The fraction of sp³-hybridized carbons (Fsp3) is 0. The summed E-state index contributed by atoms with van der Waals surface area (Å²) in [6, 6.07) is 16.4. The second-order valence-corrected chi connectivity index (χ2v) is 7.41. The number of nitrogens with one attached hydrogen (secondary N) is 1. The van der Waals surface area contributed by atoms with Gasteiger partial charge >= 0.3 is 0 Å². The van der Waals surface area contributed by atoms with Crippen LogP contribution in [0.3, 0.4) is 0 Å². The van der Waals surface area contributed by atoms with Gasteiger partial charge in [0.1, 0.15) is 11.3 Å². The minimum Gasteiger partial charge on any atom is -0.436 e. The summed E-state index contributed by atoms with van der Waals surface area (Å²) < 4.78 is 20.5. The molecule has 0 unspecified atom stereocenters. The fourth-order valence-electron chi connectivity index (χ4n) is 2.63. The van der Waals surface area contributed by atoms with Crippen LogP contribution in [0.2, 0.25) is 5.02 Å². The topological polar surface area (TPSA) is 55.1 Å². The van der Waals surface area contributed by atoms with Crippen molar-refractivity contribution in [1.29, 1.82) is 0 Å². The van der Waals surface area contributed by atoms with Crippen molar-refractivity contribution in [3.63, 3.8) is 0 Å². The van der Waals surface area contributed by atoms with Gasteiger partial charge in [0.15, 0.2) is 5.58 Å². The van der Waals surface area contributed by atoms with E-state index in [9.17, 15) is 9.18 Å². The smallest absolute Gasteiger partial charge is 0.258 e. The molecule has 0 fully saturated rings. The molecular formula is C20H11ClFIN2O2. The molecule has 1 aromatic heterocycles. The summed E-state index contributed by atoms with van der Waals surface area (Å²) in [5.74, 6) is -0.712. The molecule has 134 valence electrons. The second-order valence-electron chi connectivity index (χ2n) is 5.76. The number of anilines is 1. The molecule has 3 aromatic carbocycles. The van der Waals surface area contributed by atoms with Crippen molar-refractivity contribution < 1.29 is 13.6 Å². The van der Waals surface area contributed by atoms with Gasteiger partial charge in [-0.3, -0.25) is 4.79 Å². The van der Waals surface area contributed by atoms with E-state index in [1.165, 1.54) is 18.2 Å². The van der Waals surface area contributed by atoms with Crippen LogP contribution in [0.15, 0.2) is 65.1 Å². The van der Waals surface area contributed by atoms with Crippen LogP contribution in [0.25, 0.3) is 22.6 Å². The van der Waals surface area contributed by atoms with Gasteiger partial charge in [-0.25, -0.2) is 9.37 Å². The Morgan fingerprint density at radius 3 is 2.74 bits per heavy atom. The number of halogens is 3. The average molecular weight is 493 g/mol. The summed E-state index contributed by atoms with van der Waals surface area (Å²) in [5.41, 5.74) is 2.28. The number of carbonyl (C=O) groups is 1. The number of amides is 1. The summed E-state index contributed by atoms with van der Waals surface area (Å²) in [6.07, 6.45) is 0. The number of rotatable bonds is 3. The number of fused-ring (bicyclic) bond motifs is 1. The number of aromatic nitrogens is 1. The van der Waals surface area contributed by atoms with E-state index in [0.29, 0.717) is 33.3 Å². The van der Waals surface area contributed by atoms with E-state index < -0.39 is 11.7 Å². The molecular weight excluding hydrogens is 482 g/mol. The second kappa shape index (κ2) is 7.28. The summed E-state index contributed by atoms with van der Waals surface area (Å²) >= 11 is 8.43. The van der Waals surface area contributed by atoms with Crippen LogP contribution in [-0.2, 0) is 0 Å². The summed E-state index contributed by atoms with van der Waals surface area (Å²) in [4.78, 5) is 16.7. The van der Waals surface area contributed by atoms with Gasteiger partial charge in [-0.2, -0.15) is 0 Å². The summed E-state index contributed by atoms with van der Waals surface area (Å²) in [7, 11) is 0. The quantitative estimate of drug-likeness (QED) is 0.349. The Hall–Kier alpha value is -2.45. The van der Waals surface area contributed by atoms with Crippen LogP contribution in [0.5, 0.6) is 0 Å². The Labute approximate surface area is 172 Å². The first-order valence-electron chi connectivity index (χ1n) is 7.93. The van der Waals surface area contributed by atoms with Crippen molar-refractivity contribution in [1.82, 2.24) is 4.98 Å². The van der Waals surface area contributed by atoms with Gasteiger partial charge in [0.2, 0.25) is 5.89 Å². The molecule has 1 amide bonds. The van der Waals surface area contributed by atoms with E-state index in [1.807, 2.05) is 12.1 Å². The predicted molar refractivity (Wildman–Crippen MR) is 112 cm³/mol. The van der Waals surface area contributed by atoms with Crippen molar-refractivity contribution in [2.24, 2.45) is 0 Å². The average Bonchev–Trinajstić information content (AvgIpc) is 3.07. The highest BCUT2D eigenvalue weighted by Crippen LogP contribution is 2.32. The van der Waals surface area contributed by atoms with Crippen LogP contribution in [-0.4, -0.2) is 10.9 Å². The molecule has 1 heterocycles. The van der Waals surface area contributed by atoms with E-state index in [-0.39, 0.29) is 5.56 Å². The van der Waals surface area contributed by atoms with Gasteiger partial charge in [0.05, 0.1) is 16.1 Å². The Morgan fingerprint density at radius 1 is 1.11 bits per heavy atom. The van der Waals surface area contributed by atoms with E-state index in [1.54, 1.807) is 30.3 Å². The first kappa shape index (κ1) is 17.9. The van der Waals surface area contributed by atoms with Crippen molar-refractivity contribution in [2.45, 2.75) is 0 Å². The van der Waals surface area contributed by atoms with E-state index in [0.717, 1.165) is 3.57 Å².